The number of rotatable bonds is 6. The Morgan fingerprint density at radius 1 is 1.03 bits per heavy atom. The average molecular weight is 465 g/mol. The third kappa shape index (κ3) is 5.44. The molecular weight excluding hydrogens is 428 g/mol. The lowest BCUT2D eigenvalue weighted by Gasteiger charge is -2.22. The van der Waals surface area contributed by atoms with Crippen molar-refractivity contribution in [2.24, 2.45) is 0 Å². The fraction of sp³-hybridized carbons (Fsp3) is 0.429. The number of amides is 1. The van der Waals surface area contributed by atoms with Crippen LogP contribution in [0.4, 0.5) is 4.79 Å². The molecule has 0 saturated carbocycles. The highest BCUT2D eigenvalue weighted by molar-refractivity contribution is 5.93. The largest absolute Gasteiger partial charge is 0.481 e. The van der Waals surface area contributed by atoms with Crippen LogP contribution in [0.2, 0.25) is 0 Å². The van der Waals surface area contributed by atoms with Crippen LogP contribution in [-0.2, 0) is 14.9 Å². The van der Waals surface area contributed by atoms with Gasteiger partial charge in [0.1, 0.15) is 5.60 Å². The first-order valence-corrected chi connectivity index (χ1v) is 11.6. The van der Waals surface area contributed by atoms with Crippen molar-refractivity contribution in [1.29, 1.82) is 0 Å². The van der Waals surface area contributed by atoms with Gasteiger partial charge < -0.3 is 20.1 Å². The second kappa shape index (κ2) is 9.16. The van der Waals surface area contributed by atoms with Gasteiger partial charge in [0.15, 0.2) is 0 Å². The van der Waals surface area contributed by atoms with Crippen LogP contribution < -0.4 is 5.32 Å². The molecule has 1 atom stereocenters. The third-order valence-corrected chi connectivity index (χ3v) is 6.05. The number of ether oxygens (including phenoxy) is 1. The first-order chi connectivity index (χ1) is 15.7. The lowest BCUT2D eigenvalue weighted by molar-refractivity contribution is -0.142. The molecule has 6 nitrogen and oxygen atoms in total. The van der Waals surface area contributed by atoms with E-state index in [1.54, 1.807) is 13.8 Å². The molecule has 0 aliphatic carbocycles. The number of nitrogens with one attached hydrogen (secondary N) is 2. The van der Waals surface area contributed by atoms with E-state index in [-0.39, 0.29) is 5.92 Å². The molecule has 2 aromatic carbocycles. The highest BCUT2D eigenvalue weighted by atomic mass is 16.6. The summed E-state index contributed by atoms with van der Waals surface area (Å²) < 4.78 is 5.41. The van der Waals surface area contributed by atoms with Gasteiger partial charge in [0.25, 0.3) is 0 Å². The quantitative estimate of drug-likeness (QED) is 0.391. The number of hydrogen-bond donors (Lipinski definition) is 3. The summed E-state index contributed by atoms with van der Waals surface area (Å²) in [7, 11) is 0. The van der Waals surface area contributed by atoms with Crippen LogP contribution >= 0.6 is 0 Å². The Hall–Kier alpha value is -3.28. The molecule has 0 bridgehead atoms. The molecule has 6 heteroatoms. The van der Waals surface area contributed by atoms with Gasteiger partial charge in [0.2, 0.25) is 0 Å². The van der Waals surface area contributed by atoms with Crippen LogP contribution in [0.3, 0.4) is 0 Å². The van der Waals surface area contributed by atoms with Gasteiger partial charge in [-0.25, -0.2) is 4.79 Å². The summed E-state index contributed by atoms with van der Waals surface area (Å²) in [6.45, 7) is 15.5. The Balaban J connectivity index is 2.12. The number of fused-ring (bicyclic) bond motifs is 1. The molecular formula is C28H36N2O4. The van der Waals surface area contributed by atoms with E-state index in [4.69, 9.17) is 4.74 Å². The van der Waals surface area contributed by atoms with Crippen LogP contribution in [0.15, 0.2) is 36.4 Å². The Kier molecular flexibility index (Phi) is 6.83. The van der Waals surface area contributed by atoms with Crippen LogP contribution in [0.5, 0.6) is 0 Å². The molecule has 1 amide bonds. The highest BCUT2D eigenvalue weighted by Gasteiger charge is 2.30. The lowest BCUT2D eigenvalue weighted by Crippen LogP contribution is -2.34. The standard InChI is InChI=1S/C28H36N2O4/c1-16-11-17(2)13-19(12-16)24-23(18(3)15-29-26(33)34-27(4,5)6)21-14-20(9-10-22(21)30-24)28(7,8)25(31)32/h9-14,18,30H,15H2,1-8H3,(H,29,33)(H,31,32)/t18-/m1/s1. The predicted molar refractivity (Wildman–Crippen MR) is 137 cm³/mol. The summed E-state index contributed by atoms with van der Waals surface area (Å²) in [5.74, 6) is -0.932. The monoisotopic (exact) mass is 464 g/mol. The van der Waals surface area contributed by atoms with Crippen molar-refractivity contribution in [3.05, 3.63) is 58.7 Å². The minimum Gasteiger partial charge on any atom is -0.481 e. The number of aromatic nitrogens is 1. The maximum atomic E-state index is 12.3. The molecule has 34 heavy (non-hydrogen) atoms. The zero-order valence-corrected chi connectivity index (χ0v) is 21.4. The molecule has 0 fully saturated rings. The lowest BCUT2D eigenvalue weighted by atomic mass is 9.83. The molecule has 182 valence electrons. The van der Waals surface area contributed by atoms with E-state index in [1.165, 1.54) is 0 Å². The first kappa shape index (κ1) is 25.3. The van der Waals surface area contributed by atoms with Gasteiger partial charge >= 0.3 is 12.1 Å². The SMILES string of the molecule is Cc1cc(C)cc(-c2[nH]c3ccc(C(C)(C)C(=O)O)cc3c2[C@H](C)CNC(=O)OC(C)(C)C)c1. The summed E-state index contributed by atoms with van der Waals surface area (Å²) in [5.41, 5.74) is 5.46. The Labute approximate surface area is 201 Å². The molecule has 3 N–H and O–H groups in total. The van der Waals surface area contributed by atoms with Gasteiger partial charge in [0.05, 0.1) is 11.1 Å². The van der Waals surface area contributed by atoms with Crippen molar-refractivity contribution in [3.63, 3.8) is 0 Å². The van der Waals surface area contributed by atoms with Gasteiger partial charge in [0, 0.05) is 23.4 Å². The summed E-state index contributed by atoms with van der Waals surface area (Å²) in [5, 5.41) is 13.6. The van der Waals surface area contributed by atoms with E-state index in [2.05, 4.69) is 49.3 Å². The van der Waals surface area contributed by atoms with Gasteiger partial charge in [-0.2, -0.15) is 0 Å². The molecule has 3 aromatic rings. The number of aryl methyl sites for hydroxylation is 2. The predicted octanol–water partition coefficient (Wildman–Crippen LogP) is 6.44. The fourth-order valence-electron chi connectivity index (χ4n) is 4.24. The number of carboxylic acids is 1. The molecule has 3 rings (SSSR count). The molecule has 0 radical (unpaired) electrons. The molecule has 0 aliphatic heterocycles. The van der Waals surface area contributed by atoms with Crippen molar-refractivity contribution in [1.82, 2.24) is 10.3 Å². The van der Waals surface area contributed by atoms with Crippen LogP contribution in [0.25, 0.3) is 22.2 Å². The Morgan fingerprint density at radius 2 is 1.65 bits per heavy atom. The van der Waals surface area contributed by atoms with Crippen molar-refractivity contribution < 1.29 is 19.4 Å². The zero-order valence-electron chi connectivity index (χ0n) is 21.4. The van der Waals surface area contributed by atoms with Crippen LogP contribution in [0, 0.1) is 13.8 Å². The smallest absolute Gasteiger partial charge is 0.407 e. The van der Waals surface area contributed by atoms with E-state index in [1.807, 2.05) is 39.0 Å². The summed E-state index contributed by atoms with van der Waals surface area (Å²) in [6.07, 6.45) is -0.458. The molecule has 0 unspecified atom stereocenters. The Bertz CT molecular complexity index is 1210. The maximum absolute atomic E-state index is 12.3. The van der Waals surface area contributed by atoms with Crippen molar-refractivity contribution in [2.75, 3.05) is 6.54 Å². The van der Waals surface area contributed by atoms with Crippen molar-refractivity contribution in [2.45, 2.75) is 72.3 Å². The average Bonchev–Trinajstić information content (AvgIpc) is 3.08. The minimum atomic E-state index is -1.03. The fourth-order valence-corrected chi connectivity index (χ4v) is 4.24. The maximum Gasteiger partial charge on any atom is 0.407 e. The van der Waals surface area contributed by atoms with E-state index in [0.29, 0.717) is 6.54 Å². The Morgan fingerprint density at radius 3 is 2.21 bits per heavy atom. The van der Waals surface area contributed by atoms with Gasteiger partial charge in [-0.15, -0.1) is 0 Å². The second-order valence-electron chi connectivity index (χ2n) is 10.8. The normalized spacial score (nSPS) is 13.1. The number of benzene rings is 2. The zero-order chi connectivity index (χ0) is 25.4. The molecule has 0 saturated heterocycles. The topological polar surface area (TPSA) is 91.4 Å². The van der Waals surface area contributed by atoms with E-state index >= 15 is 0 Å². The van der Waals surface area contributed by atoms with Crippen molar-refractivity contribution >= 4 is 23.0 Å². The summed E-state index contributed by atoms with van der Waals surface area (Å²) in [4.78, 5) is 27.8. The number of hydrogen-bond acceptors (Lipinski definition) is 3. The number of aliphatic carboxylic acids is 1. The van der Waals surface area contributed by atoms with Crippen LogP contribution in [0.1, 0.15) is 69.7 Å². The first-order valence-electron chi connectivity index (χ1n) is 11.6. The molecule has 1 aromatic heterocycles. The van der Waals surface area contributed by atoms with Crippen molar-refractivity contribution in [3.8, 4) is 11.3 Å². The summed E-state index contributed by atoms with van der Waals surface area (Å²) >= 11 is 0. The second-order valence-corrected chi connectivity index (χ2v) is 10.8. The van der Waals surface area contributed by atoms with E-state index in [0.717, 1.165) is 44.4 Å². The molecule has 0 spiro atoms. The molecule has 0 aliphatic rings. The highest BCUT2D eigenvalue weighted by Crippen LogP contribution is 2.38. The number of aromatic amines is 1. The number of alkyl carbamates (subject to hydrolysis) is 1. The summed E-state index contributed by atoms with van der Waals surface area (Å²) in [6, 6.07) is 12.2. The number of carbonyl (C=O) groups excluding carboxylic acids is 1. The van der Waals surface area contributed by atoms with Gasteiger partial charge in [-0.1, -0.05) is 30.2 Å². The molecule has 1 heterocycles. The number of carboxylic acid groups (broad SMARTS) is 1. The van der Waals surface area contributed by atoms with Gasteiger partial charge in [-0.3, -0.25) is 4.79 Å². The van der Waals surface area contributed by atoms with E-state index in [9.17, 15) is 14.7 Å². The van der Waals surface area contributed by atoms with E-state index < -0.39 is 23.1 Å². The van der Waals surface area contributed by atoms with Gasteiger partial charge in [-0.05, 0) is 89.4 Å². The van der Waals surface area contributed by atoms with Crippen LogP contribution in [-0.4, -0.2) is 34.3 Å². The number of carbonyl (C=O) groups is 2. The number of H-pyrrole nitrogens is 1. The minimum absolute atomic E-state index is 0.0553. The third-order valence-electron chi connectivity index (χ3n) is 6.05.